The lowest BCUT2D eigenvalue weighted by atomic mass is 10.0. The second-order valence-corrected chi connectivity index (χ2v) is 5.11. The fourth-order valence-corrected chi connectivity index (χ4v) is 2.00. The summed E-state index contributed by atoms with van der Waals surface area (Å²) >= 11 is 0. The van der Waals surface area contributed by atoms with E-state index in [1.54, 1.807) is 18.2 Å². The highest BCUT2D eigenvalue weighted by Crippen LogP contribution is 2.18. The van der Waals surface area contributed by atoms with E-state index in [0.29, 0.717) is 18.9 Å². The number of hydrogen-bond acceptors (Lipinski definition) is 3. The summed E-state index contributed by atoms with van der Waals surface area (Å²) < 4.78 is 0. The van der Waals surface area contributed by atoms with Crippen molar-refractivity contribution in [3.8, 4) is 5.75 Å². The number of nitrogens with two attached hydrogens (primary N) is 1. The molecule has 19 heavy (non-hydrogen) atoms. The minimum atomic E-state index is -0.0931. The van der Waals surface area contributed by atoms with E-state index in [-0.39, 0.29) is 17.7 Å². The van der Waals surface area contributed by atoms with Gasteiger partial charge in [-0.3, -0.25) is 4.79 Å². The van der Waals surface area contributed by atoms with Gasteiger partial charge in [-0.1, -0.05) is 19.1 Å². The van der Waals surface area contributed by atoms with Crippen molar-refractivity contribution in [3.05, 3.63) is 29.8 Å². The number of carbonyl (C=O) groups is 1. The van der Waals surface area contributed by atoms with Crippen LogP contribution in [0.2, 0.25) is 0 Å². The van der Waals surface area contributed by atoms with E-state index in [2.05, 4.69) is 12.2 Å². The van der Waals surface area contributed by atoms with Gasteiger partial charge in [-0.25, -0.2) is 0 Å². The van der Waals surface area contributed by atoms with Crippen molar-refractivity contribution in [1.82, 2.24) is 5.32 Å². The van der Waals surface area contributed by atoms with Crippen molar-refractivity contribution in [2.45, 2.75) is 39.2 Å². The number of phenols is 1. The van der Waals surface area contributed by atoms with Crippen molar-refractivity contribution < 1.29 is 9.90 Å². The van der Waals surface area contributed by atoms with Crippen LogP contribution in [0.5, 0.6) is 5.75 Å². The maximum atomic E-state index is 11.8. The highest BCUT2D eigenvalue weighted by Gasteiger charge is 2.11. The highest BCUT2D eigenvalue weighted by molar-refractivity contribution is 5.76. The monoisotopic (exact) mass is 264 g/mol. The molecule has 2 unspecified atom stereocenters. The number of benzene rings is 1. The van der Waals surface area contributed by atoms with Gasteiger partial charge in [0.1, 0.15) is 5.75 Å². The van der Waals surface area contributed by atoms with E-state index in [0.717, 1.165) is 18.4 Å². The van der Waals surface area contributed by atoms with Gasteiger partial charge in [0.25, 0.3) is 0 Å². The first-order valence-corrected chi connectivity index (χ1v) is 6.81. The molecule has 0 bridgehead atoms. The number of rotatable bonds is 7. The Morgan fingerprint density at radius 2 is 2.11 bits per heavy atom. The molecular formula is C15H24N2O2. The Morgan fingerprint density at radius 1 is 1.37 bits per heavy atom. The van der Waals surface area contributed by atoms with E-state index in [4.69, 9.17) is 5.73 Å². The molecule has 0 aliphatic carbocycles. The Bertz CT molecular complexity index is 407. The average Bonchev–Trinajstić information content (AvgIpc) is 2.36. The molecule has 2 atom stereocenters. The molecule has 0 saturated carbocycles. The molecule has 1 aromatic rings. The van der Waals surface area contributed by atoms with Crippen LogP contribution in [0.4, 0.5) is 0 Å². The first-order chi connectivity index (χ1) is 9.02. The second kappa shape index (κ2) is 7.79. The van der Waals surface area contributed by atoms with Crippen LogP contribution in [-0.4, -0.2) is 17.6 Å². The molecule has 1 amide bonds. The fraction of sp³-hybridized carbons (Fsp3) is 0.533. The van der Waals surface area contributed by atoms with Crippen LogP contribution < -0.4 is 11.1 Å². The maximum absolute atomic E-state index is 11.8. The molecule has 0 aliphatic heterocycles. The van der Waals surface area contributed by atoms with Crippen LogP contribution in [0, 0.1) is 5.92 Å². The zero-order valence-electron chi connectivity index (χ0n) is 11.7. The molecule has 4 heteroatoms. The summed E-state index contributed by atoms with van der Waals surface area (Å²) in [6.45, 7) is 4.69. The summed E-state index contributed by atoms with van der Waals surface area (Å²) in [4.78, 5) is 11.8. The van der Waals surface area contributed by atoms with Gasteiger partial charge >= 0.3 is 0 Å². The molecule has 1 aromatic carbocycles. The molecule has 0 saturated heterocycles. The fourth-order valence-electron chi connectivity index (χ4n) is 2.00. The number of amides is 1. The van der Waals surface area contributed by atoms with Gasteiger partial charge in [0, 0.05) is 6.42 Å². The third kappa shape index (κ3) is 5.75. The molecular weight excluding hydrogens is 240 g/mol. The Morgan fingerprint density at radius 3 is 2.74 bits per heavy atom. The minimum Gasteiger partial charge on any atom is -0.508 e. The van der Waals surface area contributed by atoms with Crippen LogP contribution in [0.15, 0.2) is 24.3 Å². The van der Waals surface area contributed by atoms with Crippen LogP contribution in [-0.2, 0) is 4.79 Å². The van der Waals surface area contributed by atoms with Crippen LogP contribution in [0.25, 0.3) is 0 Å². The van der Waals surface area contributed by atoms with E-state index in [1.165, 1.54) is 0 Å². The number of phenolic OH excluding ortho intramolecular Hbond substituents is 1. The third-order valence-corrected chi connectivity index (χ3v) is 3.27. The summed E-state index contributed by atoms with van der Waals surface area (Å²) in [5, 5.41) is 12.3. The van der Waals surface area contributed by atoms with Gasteiger partial charge in [0.2, 0.25) is 5.91 Å². The van der Waals surface area contributed by atoms with E-state index >= 15 is 0 Å². The molecule has 0 aliphatic rings. The lowest BCUT2D eigenvalue weighted by Crippen LogP contribution is -2.26. The lowest BCUT2D eigenvalue weighted by Gasteiger charge is -2.15. The number of nitrogens with one attached hydrogen (secondary N) is 1. The van der Waals surface area contributed by atoms with Crippen molar-refractivity contribution in [1.29, 1.82) is 0 Å². The Kier molecular flexibility index (Phi) is 6.36. The van der Waals surface area contributed by atoms with E-state index in [1.807, 2.05) is 13.0 Å². The summed E-state index contributed by atoms with van der Waals surface area (Å²) in [5.74, 6) is 0.738. The van der Waals surface area contributed by atoms with Gasteiger partial charge < -0.3 is 16.2 Å². The van der Waals surface area contributed by atoms with Gasteiger partial charge in [-0.05, 0) is 49.9 Å². The quantitative estimate of drug-likeness (QED) is 0.707. The first kappa shape index (κ1) is 15.5. The lowest BCUT2D eigenvalue weighted by molar-refractivity contribution is -0.122. The summed E-state index contributed by atoms with van der Waals surface area (Å²) in [6.07, 6.45) is 2.33. The molecule has 4 nitrogen and oxygen atoms in total. The van der Waals surface area contributed by atoms with Crippen LogP contribution in [0.3, 0.4) is 0 Å². The zero-order valence-corrected chi connectivity index (χ0v) is 11.7. The van der Waals surface area contributed by atoms with Crippen molar-refractivity contribution in [2.75, 3.05) is 6.54 Å². The summed E-state index contributed by atoms with van der Waals surface area (Å²) in [7, 11) is 0. The van der Waals surface area contributed by atoms with Gasteiger partial charge in [0.15, 0.2) is 0 Å². The van der Waals surface area contributed by atoms with E-state index in [9.17, 15) is 9.90 Å². The highest BCUT2D eigenvalue weighted by atomic mass is 16.3. The standard InChI is InChI=1S/C15H24N2O2/c1-11(8-9-16)6-7-15(19)17-12(2)13-4-3-5-14(18)10-13/h3-5,10-12,18H,6-9,16H2,1-2H3,(H,17,19). The normalized spacial score (nSPS) is 13.8. The SMILES string of the molecule is CC(CCN)CCC(=O)NC(C)c1cccc(O)c1. The van der Waals surface area contributed by atoms with E-state index < -0.39 is 0 Å². The van der Waals surface area contributed by atoms with Crippen LogP contribution >= 0.6 is 0 Å². The summed E-state index contributed by atoms with van der Waals surface area (Å²) in [6, 6.07) is 6.86. The number of carbonyl (C=O) groups excluding carboxylic acids is 1. The van der Waals surface area contributed by atoms with Gasteiger partial charge in [0.05, 0.1) is 6.04 Å². The predicted molar refractivity (Wildman–Crippen MR) is 76.7 cm³/mol. The average molecular weight is 264 g/mol. The second-order valence-electron chi connectivity index (χ2n) is 5.11. The first-order valence-electron chi connectivity index (χ1n) is 6.81. The predicted octanol–water partition coefficient (Wildman–Crippen LogP) is 2.33. The smallest absolute Gasteiger partial charge is 0.220 e. The van der Waals surface area contributed by atoms with Crippen molar-refractivity contribution >= 4 is 5.91 Å². The van der Waals surface area contributed by atoms with Crippen LogP contribution in [0.1, 0.15) is 44.7 Å². The molecule has 0 radical (unpaired) electrons. The maximum Gasteiger partial charge on any atom is 0.220 e. The Balaban J connectivity index is 2.40. The Hall–Kier alpha value is -1.55. The molecule has 0 fully saturated rings. The number of hydrogen-bond donors (Lipinski definition) is 3. The molecule has 4 N–H and O–H groups in total. The third-order valence-electron chi connectivity index (χ3n) is 3.27. The molecule has 1 rings (SSSR count). The minimum absolute atomic E-state index is 0.0414. The topological polar surface area (TPSA) is 75.4 Å². The van der Waals surface area contributed by atoms with Crippen molar-refractivity contribution in [2.24, 2.45) is 11.7 Å². The zero-order chi connectivity index (χ0) is 14.3. The number of aromatic hydroxyl groups is 1. The largest absolute Gasteiger partial charge is 0.508 e. The van der Waals surface area contributed by atoms with Gasteiger partial charge in [-0.2, -0.15) is 0 Å². The molecule has 106 valence electrons. The molecule has 0 aromatic heterocycles. The van der Waals surface area contributed by atoms with Gasteiger partial charge in [-0.15, -0.1) is 0 Å². The summed E-state index contributed by atoms with van der Waals surface area (Å²) in [5.41, 5.74) is 6.39. The molecule has 0 heterocycles. The molecule has 0 spiro atoms. The Labute approximate surface area is 115 Å². The van der Waals surface area contributed by atoms with Crippen molar-refractivity contribution in [3.63, 3.8) is 0 Å².